The highest BCUT2D eigenvalue weighted by molar-refractivity contribution is 5.97. The maximum atomic E-state index is 11.7. The lowest BCUT2D eigenvalue weighted by Gasteiger charge is -2.04. The van der Waals surface area contributed by atoms with E-state index in [9.17, 15) is 15.3 Å². The SMILES string of the molecule is Cc1ccccc1-c1cc(C#N)c(-c2ccccc2C#N)[nH]1.Cc1ccccc1C(=O)CC(C#N)C#N. The molecule has 0 radical (unpaired) electrons. The van der Waals surface area contributed by atoms with Crippen molar-refractivity contribution in [3.05, 3.63) is 107 Å². The van der Waals surface area contributed by atoms with Crippen LogP contribution in [0.2, 0.25) is 0 Å². The van der Waals surface area contributed by atoms with Gasteiger partial charge in [-0.3, -0.25) is 4.79 Å². The average Bonchev–Trinajstić information content (AvgIpc) is 3.36. The number of carbonyl (C=O) groups is 1. The van der Waals surface area contributed by atoms with Crippen molar-refractivity contribution in [2.45, 2.75) is 20.3 Å². The van der Waals surface area contributed by atoms with E-state index >= 15 is 0 Å². The van der Waals surface area contributed by atoms with Gasteiger partial charge in [0, 0.05) is 28.8 Å². The Morgan fingerprint density at radius 2 is 1.32 bits per heavy atom. The molecule has 1 N–H and O–H groups in total. The number of carbonyl (C=O) groups excluding carboxylic acids is 1. The Hall–Kier alpha value is -5.43. The Balaban J connectivity index is 0.000000222. The summed E-state index contributed by atoms with van der Waals surface area (Å²) in [6.07, 6.45) is -0.0299. The molecule has 0 amide bonds. The lowest BCUT2D eigenvalue weighted by molar-refractivity contribution is 0.0976. The van der Waals surface area contributed by atoms with Gasteiger partial charge in [0.15, 0.2) is 5.78 Å². The summed E-state index contributed by atoms with van der Waals surface area (Å²) in [6, 6.07) is 32.3. The minimum absolute atomic E-state index is 0.0299. The molecule has 178 valence electrons. The molecular formula is C31H23N5O. The van der Waals surface area contributed by atoms with Crippen LogP contribution in [0.25, 0.3) is 22.5 Å². The topological polar surface area (TPSA) is 128 Å². The number of H-pyrrole nitrogens is 1. The highest BCUT2D eigenvalue weighted by atomic mass is 16.1. The molecule has 0 fully saturated rings. The van der Waals surface area contributed by atoms with Crippen molar-refractivity contribution in [1.82, 2.24) is 4.98 Å². The van der Waals surface area contributed by atoms with E-state index in [-0.39, 0.29) is 12.2 Å². The average molecular weight is 482 g/mol. The van der Waals surface area contributed by atoms with Crippen LogP contribution >= 0.6 is 0 Å². The van der Waals surface area contributed by atoms with Gasteiger partial charge in [-0.2, -0.15) is 21.0 Å². The number of rotatable bonds is 5. The van der Waals surface area contributed by atoms with Crippen LogP contribution in [0.1, 0.15) is 39.0 Å². The highest BCUT2D eigenvalue weighted by Gasteiger charge is 2.16. The minimum Gasteiger partial charge on any atom is -0.353 e. The second kappa shape index (κ2) is 12.3. The lowest BCUT2D eigenvalue weighted by atomic mass is 9.97. The second-order valence-electron chi connectivity index (χ2n) is 8.31. The summed E-state index contributed by atoms with van der Waals surface area (Å²) < 4.78 is 0. The summed E-state index contributed by atoms with van der Waals surface area (Å²) >= 11 is 0. The third-order valence-electron chi connectivity index (χ3n) is 5.84. The van der Waals surface area contributed by atoms with Gasteiger partial charge in [0.25, 0.3) is 0 Å². The first-order valence-electron chi connectivity index (χ1n) is 11.5. The molecule has 4 aromatic rings. The number of nitriles is 4. The number of aromatic nitrogens is 1. The summed E-state index contributed by atoms with van der Waals surface area (Å²) in [7, 11) is 0. The highest BCUT2D eigenvalue weighted by Crippen LogP contribution is 2.31. The van der Waals surface area contributed by atoms with Crippen molar-refractivity contribution in [3.8, 4) is 46.8 Å². The van der Waals surface area contributed by atoms with Crippen LogP contribution in [0.4, 0.5) is 0 Å². The van der Waals surface area contributed by atoms with Crippen LogP contribution in [-0.2, 0) is 0 Å². The quantitative estimate of drug-likeness (QED) is 0.320. The molecule has 0 spiro atoms. The van der Waals surface area contributed by atoms with Crippen LogP contribution in [0, 0.1) is 65.1 Å². The van der Waals surface area contributed by atoms with Crippen LogP contribution in [0.15, 0.2) is 78.9 Å². The van der Waals surface area contributed by atoms with Crippen molar-refractivity contribution >= 4 is 5.78 Å². The number of aromatic amines is 1. The Labute approximate surface area is 216 Å². The van der Waals surface area contributed by atoms with Gasteiger partial charge < -0.3 is 4.98 Å². The summed E-state index contributed by atoms with van der Waals surface area (Å²) in [5.74, 6) is -1.00. The Kier molecular flexibility index (Phi) is 8.72. The predicted molar refractivity (Wildman–Crippen MR) is 141 cm³/mol. The van der Waals surface area contributed by atoms with Gasteiger partial charge >= 0.3 is 0 Å². The van der Waals surface area contributed by atoms with Gasteiger partial charge in [0.2, 0.25) is 0 Å². The van der Waals surface area contributed by atoms with E-state index in [0.717, 1.165) is 27.9 Å². The Morgan fingerprint density at radius 1 is 0.757 bits per heavy atom. The Morgan fingerprint density at radius 3 is 1.92 bits per heavy atom. The van der Waals surface area contributed by atoms with Crippen molar-refractivity contribution in [3.63, 3.8) is 0 Å². The zero-order chi connectivity index (χ0) is 26.8. The monoisotopic (exact) mass is 481 g/mol. The van der Waals surface area contributed by atoms with E-state index in [1.807, 2.05) is 74.5 Å². The van der Waals surface area contributed by atoms with Crippen LogP contribution in [-0.4, -0.2) is 10.8 Å². The largest absolute Gasteiger partial charge is 0.353 e. The van der Waals surface area contributed by atoms with E-state index in [1.165, 1.54) is 0 Å². The van der Waals surface area contributed by atoms with E-state index in [4.69, 9.17) is 10.5 Å². The third-order valence-corrected chi connectivity index (χ3v) is 5.84. The number of benzene rings is 3. The number of nitrogens with zero attached hydrogens (tertiary/aromatic N) is 4. The van der Waals surface area contributed by atoms with E-state index < -0.39 is 5.92 Å². The van der Waals surface area contributed by atoms with Crippen LogP contribution in [0.3, 0.4) is 0 Å². The number of aryl methyl sites for hydroxylation is 2. The zero-order valence-electron chi connectivity index (χ0n) is 20.5. The molecule has 6 nitrogen and oxygen atoms in total. The molecule has 6 heteroatoms. The molecule has 1 aromatic heterocycles. The molecule has 0 unspecified atom stereocenters. The molecular weight excluding hydrogens is 458 g/mol. The van der Waals surface area contributed by atoms with Crippen molar-refractivity contribution < 1.29 is 4.79 Å². The number of hydrogen-bond acceptors (Lipinski definition) is 5. The van der Waals surface area contributed by atoms with Gasteiger partial charge in [-0.05, 0) is 37.1 Å². The lowest BCUT2D eigenvalue weighted by Crippen LogP contribution is -2.07. The molecule has 0 aliphatic rings. The molecule has 0 atom stereocenters. The molecule has 0 aliphatic heterocycles. The summed E-state index contributed by atoms with van der Waals surface area (Å²) in [5, 5.41) is 35.8. The summed E-state index contributed by atoms with van der Waals surface area (Å²) in [5.41, 5.74) is 7.08. The van der Waals surface area contributed by atoms with Gasteiger partial charge in [-0.25, -0.2) is 0 Å². The fraction of sp³-hybridized carbons (Fsp3) is 0.129. The molecule has 4 rings (SSSR count). The molecule has 0 saturated carbocycles. The van der Waals surface area contributed by atoms with Crippen LogP contribution < -0.4 is 0 Å². The molecule has 37 heavy (non-hydrogen) atoms. The van der Waals surface area contributed by atoms with Gasteiger partial charge in [0.05, 0.1) is 35.0 Å². The standard InChI is InChI=1S/C19H13N3.C12H10N2O/c1-13-6-2-4-8-16(13)18-10-15(12-21)19(22-18)17-9-5-3-7-14(17)11-20;1-9-4-2-3-5-11(9)12(15)6-10(7-13)8-14/h2-10,22H,1H3;2-5,10H,6H2,1H3. The first kappa shape index (κ1) is 26.2. The van der Waals surface area contributed by atoms with Gasteiger partial charge in [0.1, 0.15) is 12.0 Å². The third kappa shape index (κ3) is 6.17. The van der Waals surface area contributed by atoms with E-state index in [0.29, 0.717) is 22.4 Å². The maximum absolute atomic E-state index is 11.7. The van der Waals surface area contributed by atoms with Crippen molar-refractivity contribution in [2.75, 3.05) is 0 Å². The second-order valence-corrected chi connectivity index (χ2v) is 8.31. The molecule has 1 heterocycles. The predicted octanol–water partition coefficient (Wildman–Crippen LogP) is 6.63. The zero-order valence-corrected chi connectivity index (χ0v) is 20.5. The molecule has 0 aliphatic carbocycles. The Bertz CT molecular complexity index is 1590. The van der Waals surface area contributed by atoms with Crippen molar-refractivity contribution in [1.29, 1.82) is 21.0 Å². The first-order chi connectivity index (χ1) is 17.9. The number of nitrogens with one attached hydrogen (secondary N) is 1. The van der Waals surface area contributed by atoms with Crippen molar-refractivity contribution in [2.24, 2.45) is 5.92 Å². The smallest absolute Gasteiger partial charge is 0.165 e. The minimum atomic E-state index is -0.850. The normalized spacial score (nSPS) is 9.70. The first-order valence-corrected chi connectivity index (χ1v) is 11.5. The fourth-order valence-corrected chi connectivity index (χ4v) is 3.88. The molecule has 0 bridgehead atoms. The number of ketones is 1. The maximum Gasteiger partial charge on any atom is 0.165 e. The fourth-order valence-electron chi connectivity index (χ4n) is 3.88. The molecule has 3 aromatic carbocycles. The van der Waals surface area contributed by atoms with Gasteiger partial charge in [-0.15, -0.1) is 0 Å². The summed E-state index contributed by atoms with van der Waals surface area (Å²) in [6.45, 7) is 3.87. The number of hydrogen-bond donors (Lipinski definition) is 1. The number of Topliss-reactive ketones (excluding diaryl/α,β-unsaturated/α-hetero) is 1. The van der Waals surface area contributed by atoms with Crippen LogP contribution in [0.5, 0.6) is 0 Å². The van der Waals surface area contributed by atoms with E-state index in [1.54, 1.807) is 30.3 Å². The molecule has 0 saturated heterocycles. The summed E-state index contributed by atoms with van der Waals surface area (Å²) in [4.78, 5) is 15.0. The van der Waals surface area contributed by atoms with E-state index in [2.05, 4.69) is 17.1 Å². The van der Waals surface area contributed by atoms with Gasteiger partial charge in [-0.1, -0.05) is 66.7 Å².